The summed E-state index contributed by atoms with van der Waals surface area (Å²) in [7, 11) is 1.78. The van der Waals surface area contributed by atoms with E-state index in [0.717, 1.165) is 37.3 Å². The molecule has 10 heteroatoms. The van der Waals surface area contributed by atoms with Crippen molar-refractivity contribution in [2.45, 2.75) is 40.2 Å². The minimum atomic E-state index is -0.246. The van der Waals surface area contributed by atoms with Crippen LogP contribution < -0.4 is 15.9 Å². The lowest BCUT2D eigenvalue weighted by molar-refractivity contribution is 0.0918. The van der Waals surface area contributed by atoms with Gasteiger partial charge in [-0.25, -0.2) is 14.8 Å². The molecule has 0 saturated carbocycles. The monoisotopic (exact) mass is 462 g/mol. The van der Waals surface area contributed by atoms with E-state index < -0.39 is 0 Å². The lowest BCUT2D eigenvalue weighted by Crippen LogP contribution is -2.41. The highest BCUT2D eigenvalue weighted by Crippen LogP contribution is 2.25. The predicted octanol–water partition coefficient (Wildman–Crippen LogP) is 2.84. The van der Waals surface area contributed by atoms with Gasteiger partial charge in [0.2, 0.25) is 5.76 Å². The van der Waals surface area contributed by atoms with Crippen molar-refractivity contribution >= 4 is 35.3 Å². The topological polar surface area (TPSA) is 98.2 Å². The number of nitrogens with zero attached hydrogens (tertiary/aromatic N) is 5. The van der Waals surface area contributed by atoms with Crippen LogP contribution in [0.15, 0.2) is 33.9 Å². The average Bonchev–Trinajstić information content (AvgIpc) is 3.35. The Bertz CT molecular complexity index is 1130. The van der Waals surface area contributed by atoms with E-state index in [4.69, 9.17) is 9.40 Å². The summed E-state index contributed by atoms with van der Waals surface area (Å²) >= 11 is 0. The van der Waals surface area contributed by atoms with Crippen LogP contribution in [-0.4, -0.2) is 44.6 Å². The van der Waals surface area contributed by atoms with Crippen LogP contribution in [0.4, 0.5) is 5.82 Å². The molecule has 174 valence electrons. The van der Waals surface area contributed by atoms with Crippen molar-refractivity contribution in [1.29, 1.82) is 0 Å². The number of hydrogen-bond acceptors (Lipinski definition) is 6. The maximum absolute atomic E-state index is 12.8. The number of hydrogen-bond donors (Lipinski definition) is 1. The molecule has 1 fully saturated rings. The molecule has 3 aromatic rings. The van der Waals surface area contributed by atoms with Gasteiger partial charge in [0.15, 0.2) is 12.0 Å². The lowest BCUT2D eigenvalue weighted by Gasteiger charge is -2.33. The second kappa shape index (κ2) is 9.36. The fourth-order valence-electron chi connectivity index (χ4n) is 4.16. The van der Waals surface area contributed by atoms with Gasteiger partial charge in [-0.2, -0.15) is 0 Å². The molecule has 9 nitrogen and oxygen atoms in total. The molecule has 1 atom stereocenters. The van der Waals surface area contributed by atoms with E-state index in [9.17, 15) is 9.59 Å². The van der Waals surface area contributed by atoms with Crippen LogP contribution in [0.2, 0.25) is 0 Å². The van der Waals surface area contributed by atoms with Crippen molar-refractivity contribution in [2.24, 2.45) is 18.4 Å². The zero-order valence-corrected chi connectivity index (χ0v) is 19.8. The van der Waals surface area contributed by atoms with Gasteiger partial charge in [0.1, 0.15) is 5.82 Å². The smallest absolute Gasteiger partial charge is 0.330 e. The van der Waals surface area contributed by atoms with Gasteiger partial charge in [0.25, 0.3) is 5.91 Å². The lowest BCUT2D eigenvalue weighted by atomic mass is 9.97. The van der Waals surface area contributed by atoms with Crippen LogP contribution in [0.3, 0.4) is 0 Å². The highest BCUT2D eigenvalue weighted by atomic mass is 35.5. The van der Waals surface area contributed by atoms with Gasteiger partial charge in [-0.05, 0) is 36.3 Å². The Morgan fingerprint density at radius 1 is 1.31 bits per heavy atom. The summed E-state index contributed by atoms with van der Waals surface area (Å²) in [6.07, 6.45) is 4.72. The number of carbonyl (C=O) groups is 1. The number of anilines is 1. The van der Waals surface area contributed by atoms with E-state index in [1.165, 1.54) is 12.6 Å². The van der Waals surface area contributed by atoms with Crippen molar-refractivity contribution in [1.82, 2.24) is 24.4 Å². The van der Waals surface area contributed by atoms with E-state index in [1.807, 2.05) is 16.7 Å². The summed E-state index contributed by atoms with van der Waals surface area (Å²) in [6.45, 7) is 9.27. The molecule has 1 unspecified atom stereocenters. The number of amides is 1. The summed E-state index contributed by atoms with van der Waals surface area (Å²) < 4.78 is 8.48. The molecule has 3 aromatic heterocycles. The predicted molar refractivity (Wildman–Crippen MR) is 125 cm³/mol. The minimum Gasteiger partial charge on any atom is -0.438 e. The molecule has 0 aromatic carbocycles. The van der Waals surface area contributed by atoms with Crippen LogP contribution in [0.1, 0.15) is 44.2 Å². The van der Waals surface area contributed by atoms with Crippen molar-refractivity contribution in [2.75, 3.05) is 24.5 Å². The number of oxazole rings is 1. The zero-order chi connectivity index (χ0) is 22.2. The Morgan fingerprint density at radius 3 is 2.78 bits per heavy atom. The molecule has 1 N–H and O–H groups in total. The van der Waals surface area contributed by atoms with Crippen molar-refractivity contribution < 1.29 is 9.21 Å². The molecule has 4 rings (SSSR count). The van der Waals surface area contributed by atoms with E-state index >= 15 is 0 Å². The number of nitrogens with one attached hydrogen (secondary N) is 1. The second-order valence-corrected chi connectivity index (χ2v) is 9.53. The first kappa shape index (κ1) is 23.8. The molecule has 0 bridgehead atoms. The molecule has 32 heavy (non-hydrogen) atoms. The molecule has 0 spiro atoms. The SMILES string of the molecule is Cl.Cn1c(=O)n(CC(C)(C)C)c2ccc(N3CCCC(CNC(=O)c4cnco4)C3)nc21. The van der Waals surface area contributed by atoms with E-state index in [2.05, 4.69) is 36.0 Å². The minimum absolute atomic E-state index is 0. The third kappa shape index (κ3) is 4.98. The van der Waals surface area contributed by atoms with Crippen LogP contribution in [0.25, 0.3) is 11.2 Å². The number of aromatic nitrogens is 4. The summed E-state index contributed by atoms with van der Waals surface area (Å²) in [4.78, 5) is 35.7. The Morgan fingerprint density at radius 2 is 2.09 bits per heavy atom. The van der Waals surface area contributed by atoms with Crippen LogP contribution in [0.5, 0.6) is 0 Å². The maximum Gasteiger partial charge on any atom is 0.330 e. The molecule has 1 aliphatic heterocycles. The van der Waals surface area contributed by atoms with Crippen LogP contribution in [0, 0.1) is 11.3 Å². The van der Waals surface area contributed by atoms with Gasteiger partial charge >= 0.3 is 5.69 Å². The Balaban J connectivity index is 0.00000289. The Hall–Kier alpha value is -2.81. The summed E-state index contributed by atoms with van der Waals surface area (Å²) in [6, 6.07) is 4.00. The van der Waals surface area contributed by atoms with E-state index in [0.29, 0.717) is 24.7 Å². The first-order chi connectivity index (χ1) is 14.7. The number of aryl methyl sites for hydroxylation is 1. The second-order valence-electron chi connectivity index (χ2n) is 9.53. The molecule has 1 amide bonds. The van der Waals surface area contributed by atoms with Crippen molar-refractivity contribution in [3.63, 3.8) is 0 Å². The van der Waals surface area contributed by atoms with Crippen LogP contribution in [-0.2, 0) is 13.6 Å². The number of carbonyl (C=O) groups excluding carboxylic acids is 1. The third-order valence-electron chi connectivity index (χ3n) is 5.65. The molecule has 1 aliphatic rings. The number of halogens is 1. The first-order valence-corrected chi connectivity index (χ1v) is 10.7. The normalized spacial score (nSPS) is 16.8. The van der Waals surface area contributed by atoms with Crippen molar-refractivity contribution in [3.05, 3.63) is 41.0 Å². The number of rotatable bonds is 5. The van der Waals surface area contributed by atoms with Gasteiger partial charge in [-0.15, -0.1) is 12.4 Å². The Kier molecular flexibility index (Phi) is 6.97. The maximum atomic E-state index is 12.8. The quantitative estimate of drug-likeness (QED) is 0.626. The Labute approximate surface area is 193 Å². The van der Waals surface area contributed by atoms with Gasteiger partial charge < -0.3 is 14.6 Å². The molecular weight excluding hydrogens is 432 g/mol. The molecule has 4 heterocycles. The largest absolute Gasteiger partial charge is 0.438 e. The number of fused-ring (bicyclic) bond motifs is 1. The van der Waals surface area contributed by atoms with E-state index in [-0.39, 0.29) is 35.2 Å². The summed E-state index contributed by atoms with van der Waals surface area (Å²) in [5.74, 6) is 1.15. The highest BCUT2D eigenvalue weighted by molar-refractivity contribution is 5.91. The summed E-state index contributed by atoms with van der Waals surface area (Å²) in [5, 5.41) is 2.93. The molecule has 0 radical (unpaired) electrons. The van der Waals surface area contributed by atoms with Gasteiger partial charge in [0, 0.05) is 33.2 Å². The standard InChI is InChI=1S/C22H30N6O3.ClH/c1-22(2,3)13-28-16-7-8-18(25-19(16)26(4)21(28)30)27-9-5-6-15(12-27)10-24-20(29)17-11-23-14-31-17;/h7-8,11,14-15H,5-6,9-10,12-13H2,1-4H3,(H,24,29);1H. The average molecular weight is 463 g/mol. The van der Waals surface area contributed by atoms with Gasteiger partial charge in [0.05, 0.1) is 11.7 Å². The summed E-state index contributed by atoms with van der Waals surface area (Å²) in [5.41, 5.74) is 1.51. The highest BCUT2D eigenvalue weighted by Gasteiger charge is 2.24. The fraction of sp³-hybridized carbons (Fsp3) is 0.545. The van der Waals surface area contributed by atoms with Crippen LogP contribution >= 0.6 is 12.4 Å². The third-order valence-corrected chi connectivity index (χ3v) is 5.65. The number of imidazole rings is 1. The zero-order valence-electron chi connectivity index (χ0n) is 19.0. The number of piperidine rings is 1. The number of pyridine rings is 1. The van der Waals surface area contributed by atoms with Crippen molar-refractivity contribution in [3.8, 4) is 0 Å². The fourth-order valence-corrected chi connectivity index (χ4v) is 4.16. The van der Waals surface area contributed by atoms with Gasteiger partial charge in [-0.3, -0.25) is 13.9 Å². The van der Waals surface area contributed by atoms with E-state index in [1.54, 1.807) is 11.6 Å². The molecular formula is C22H31ClN6O3. The molecule has 0 aliphatic carbocycles. The van der Waals surface area contributed by atoms with Gasteiger partial charge in [-0.1, -0.05) is 20.8 Å². The molecule has 1 saturated heterocycles. The first-order valence-electron chi connectivity index (χ1n) is 10.7.